The van der Waals surface area contributed by atoms with Gasteiger partial charge in [-0.15, -0.1) is 0 Å². The first-order valence-corrected chi connectivity index (χ1v) is 2.91. The summed E-state index contributed by atoms with van der Waals surface area (Å²) in [6.07, 6.45) is 0. The lowest BCUT2D eigenvalue weighted by atomic mass is 10.1. The number of nitrogens with zero attached hydrogens (tertiary/aromatic N) is 2. The number of hydrogen-bond acceptors (Lipinski definition) is 5. The van der Waals surface area contributed by atoms with Gasteiger partial charge in [0.15, 0.2) is 0 Å². The highest BCUT2D eigenvalue weighted by molar-refractivity contribution is 6.17. The number of nitrogens with two attached hydrogens (primary N) is 1. The predicted molar refractivity (Wildman–Crippen MR) is 33.7 cm³/mol. The molecule has 1 unspecified atom stereocenters. The van der Waals surface area contributed by atoms with Crippen molar-refractivity contribution in [1.29, 1.82) is 5.26 Å². The van der Waals surface area contributed by atoms with E-state index in [0.29, 0.717) is 0 Å². The molecule has 1 heterocycles. The van der Waals surface area contributed by atoms with Gasteiger partial charge in [-0.2, -0.15) is 10.3 Å². The van der Waals surface area contributed by atoms with Crippen molar-refractivity contribution >= 4 is 17.8 Å². The number of nitrogens with one attached hydrogen (secondary N) is 1. The zero-order valence-electron chi connectivity index (χ0n) is 5.77. The number of amides is 4. The zero-order chi connectivity index (χ0) is 9.30. The molecule has 0 spiro atoms. The van der Waals surface area contributed by atoms with Crippen molar-refractivity contribution in [3.63, 3.8) is 0 Å². The highest BCUT2D eigenvalue weighted by Crippen LogP contribution is 2.04. The first-order chi connectivity index (χ1) is 5.57. The summed E-state index contributed by atoms with van der Waals surface area (Å²) in [4.78, 5) is 32.2. The third-order valence-electron chi connectivity index (χ3n) is 1.32. The summed E-state index contributed by atoms with van der Waals surface area (Å²) in [5, 5.41) is 10.3. The third-order valence-corrected chi connectivity index (χ3v) is 1.32. The largest absolute Gasteiger partial charge is 0.345 e. The van der Waals surface area contributed by atoms with E-state index in [1.807, 2.05) is 0 Å². The molecule has 7 heteroatoms. The Morgan fingerprint density at radius 2 is 2.08 bits per heavy atom. The maximum Gasteiger partial charge on any atom is 0.345 e. The molecular weight excluding hydrogens is 164 g/mol. The molecule has 62 valence electrons. The van der Waals surface area contributed by atoms with Gasteiger partial charge in [0.25, 0.3) is 11.8 Å². The van der Waals surface area contributed by atoms with Gasteiger partial charge in [-0.05, 0) is 0 Å². The molecule has 1 aliphatic rings. The Bertz CT molecular complexity index is 304. The van der Waals surface area contributed by atoms with Crippen LogP contribution in [-0.4, -0.2) is 22.9 Å². The second-order valence-electron chi connectivity index (χ2n) is 2.06. The third kappa shape index (κ3) is 0.998. The van der Waals surface area contributed by atoms with Crippen LogP contribution in [0.4, 0.5) is 4.79 Å². The molecule has 12 heavy (non-hydrogen) atoms. The standard InChI is InChI=1S/C5H4N4O3/c6-1-2-3(10)8-5(12)9(7)4(2)11/h2H,7H2,(H,8,10,12). The molecule has 0 bridgehead atoms. The number of urea groups is 1. The van der Waals surface area contributed by atoms with Crippen molar-refractivity contribution in [1.82, 2.24) is 10.3 Å². The minimum Gasteiger partial charge on any atom is -0.275 e. The SMILES string of the molecule is N#CC1C(=O)NC(=O)N(N)C1=O. The number of nitriles is 1. The van der Waals surface area contributed by atoms with Crippen LogP contribution in [0.15, 0.2) is 0 Å². The molecule has 7 nitrogen and oxygen atoms in total. The van der Waals surface area contributed by atoms with Gasteiger partial charge in [0.2, 0.25) is 5.92 Å². The predicted octanol–water partition coefficient (Wildman–Crippen LogP) is -1.92. The number of barbiturate groups is 1. The minimum atomic E-state index is -1.52. The van der Waals surface area contributed by atoms with Crippen LogP contribution in [0.3, 0.4) is 0 Å². The summed E-state index contributed by atoms with van der Waals surface area (Å²) < 4.78 is 0. The molecule has 0 radical (unpaired) electrons. The van der Waals surface area contributed by atoms with Crippen molar-refractivity contribution in [2.45, 2.75) is 0 Å². The number of carbonyl (C=O) groups is 3. The fraction of sp³-hybridized carbons (Fsp3) is 0.200. The number of carbonyl (C=O) groups excluding carboxylic acids is 3. The Morgan fingerprint density at radius 3 is 2.58 bits per heavy atom. The summed E-state index contributed by atoms with van der Waals surface area (Å²) in [5.41, 5.74) is 0. The highest BCUT2D eigenvalue weighted by Gasteiger charge is 2.39. The molecule has 0 aromatic rings. The number of rotatable bonds is 0. The summed E-state index contributed by atoms with van der Waals surface area (Å²) >= 11 is 0. The van der Waals surface area contributed by atoms with Crippen molar-refractivity contribution in [2.24, 2.45) is 11.8 Å². The fourth-order valence-corrected chi connectivity index (χ4v) is 0.703. The average Bonchev–Trinajstić information content (AvgIpc) is 2.01. The van der Waals surface area contributed by atoms with Gasteiger partial charge in [0.05, 0.1) is 6.07 Å². The molecule has 1 fully saturated rings. The lowest BCUT2D eigenvalue weighted by molar-refractivity contribution is -0.140. The highest BCUT2D eigenvalue weighted by atomic mass is 16.2. The van der Waals surface area contributed by atoms with Crippen LogP contribution >= 0.6 is 0 Å². The molecule has 1 aliphatic heterocycles. The normalized spacial score (nSPS) is 23.5. The topological polar surface area (TPSA) is 116 Å². The second kappa shape index (κ2) is 2.60. The van der Waals surface area contributed by atoms with Gasteiger partial charge in [-0.1, -0.05) is 0 Å². The Labute approximate surface area is 66.7 Å². The van der Waals surface area contributed by atoms with Gasteiger partial charge in [0, 0.05) is 0 Å². The smallest absolute Gasteiger partial charge is 0.275 e. The lowest BCUT2D eigenvalue weighted by Gasteiger charge is -2.22. The minimum absolute atomic E-state index is 0.204. The van der Waals surface area contributed by atoms with Gasteiger partial charge in [0.1, 0.15) is 0 Å². The van der Waals surface area contributed by atoms with Gasteiger partial charge < -0.3 is 0 Å². The van der Waals surface area contributed by atoms with Gasteiger partial charge in [-0.25, -0.2) is 10.6 Å². The van der Waals surface area contributed by atoms with Crippen LogP contribution in [-0.2, 0) is 9.59 Å². The monoisotopic (exact) mass is 168 g/mol. The second-order valence-corrected chi connectivity index (χ2v) is 2.06. The van der Waals surface area contributed by atoms with E-state index in [9.17, 15) is 14.4 Å². The molecule has 0 aromatic carbocycles. The Hall–Kier alpha value is -1.94. The molecule has 1 saturated heterocycles. The van der Waals surface area contributed by atoms with E-state index in [0.717, 1.165) is 0 Å². The maximum absolute atomic E-state index is 10.9. The first kappa shape index (κ1) is 8.16. The lowest BCUT2D eigenvalue weighted by Crippen LogP contribution is -2.60. The van der Waals surface area contributed by atoms with E-state index < -0.39 is 23.8 Å². The number of hydrazine groups is 1. The maximum atomic E-state index is 10.9. The van der Waals surface area contributed by atoms with Crippen LogP contribution in [0.5, 0.6) is 0 Å². The Balaban J connectivity index is 2.96. The van der Waals surface area contributed by atoms with E-state index in [2.05, 4.69) is 0 Å². The van der Waals surface area contributed by atoms with Crippen molar-refractivity contribution in [3.05, 3.63) is 0 Å². The van der Waals surface area contributed by atoms with Gasteiger partial charge >= 0.3 is 6.03 Å². The van der Waals surface area contributed by atoms with Crippen molar-refractivity contribution in [3.8, 4) is 6.07 Å². The van der Waals surface area contributed by atoms with E-state index in [1.165, 1.54) is 6.07 Å². The van der Waals surface area contributed by atoms with Crippen LogP contribution in [0.25, 0.3) is 0 Å². The van der Waals surface area contributed by atoms with E-state index in [-0.39, 0.29) is 5.01 Å². The molecule has 0 aliphatic carbocycles. The van der Waals surface area contributed by atoms with Crippen LogP contribution < -0.4 is 11.2 Å². The summed E-state index contributed by atoms with van der Waals surface area (Å²) in [6.45, 7) is 0. The molecule has 1 rings (SSSR count). The van der Waals surface area contributed by atoms with Crippen LogP contribution in [0.1, 0.15) is 0 Å². The number of hydrogen-bond donors (Lipinski definition) is 2. The van der Waals surface area contributed by atoms with E-state index >= 15 is 0 Å². The molecule has 3 N–H and O–H groups in total. The van der Waals surface area contributed by atoms with Crippen molar-refractivity contribution in [2.75, 3.05) is 0 Å². The Kier molecular flexibility index (Phi) is 1.76. The molecule has 0 saturated carbocycles. The Morgan fingerprint density at radius 1 is 1.50 bits per heavy atom. The van der Waals surface area contributed by atoms with Crippen LogP contribution in [0.2, 0.25) is 0 Å². The average molecular weight is 168 g/mol. The van der Waals surface area contributed by atoms with Gasteiger partial charge in [-0.3, -0.25) is 14.9 Å². The molecular formula is C5H4N4O3. The number of imide groups is 2. The van der Waals surface area contributed by atoms with E-state index in [1.54, 1.807) is 5.32 Å². The molecule has 1 atom stereocenters. The fourth-order valence-electron chi connectivity index (χ4n) is 0.703. The van der Waals surface area contributed by atoms with Crippen molar-refractivity contribution < 1.29 is 14.4 Å². The van der Waals surface area contributed by atoms with E-state index in [4.69, 9.17) is 11.1 Å². The quantitative estimate of drug-likeness (QED) is 0.248. The summed E-state index contributed by atoms with van der Waals surface area (Å²) in [6, 6.07) is 0.402. The first-order valence-electron chi connectivity index (χ1n) is 2.91. The molecule has 4 amide bonds. The summed E-state index contributed by atoms with van der Waals surface area (Å²) in [7, 11) is 0. The summed E-state index contributed by atoms with van der Waals surface area (Å²) in [5.74, 6) is 1.45. The van der Waals surface area contributed by atoms with Crippen LogP contribution in [0, 0.1) is 17.2 Å². The zero-order valence-corrected chi connectivity index (χ0v) is 5.77. The molecule has 0 aromatic heterocycles.